The second kappa shape index (κ2) is 11.4. The first-order valence-electron chi connectivity index (χ1n) is 11.6. The van der Waals surface area contributed by atoms with Crippen LogP contribution in [0.15, 0.2) is 30.3 Å². The third-order valence-electron chi connectivity index (χ3n) is 5.91. The van der Waals surface area contributed by atoms with E-state index in [0.717, 1.165) is 25.7 Å². The fourth-order valence-corrected chi connectivity index (χ4v) is 4.28. The number of amides is 1. The molecule has 1 amide bonds. The molecule has 0 saturated heterocycles. The average Bonchev–Trinajstić information content (AvgIpc) is 3.39. The predicted octanol–water partition coefficient (Wildman–Crippen LogP) is 2.07. The molecule has 34 heavy (non-hydrogen) atoms. The van der Waals surface area contributed by atoms with Gasteiger partial charge in [-0.3, -0.25) is 4.79 Å². The van der Waals surface area contributed by atoms with E-state index >= 15 is 0 Å². The van der Waals surface area contributed by atoms with Crippen LogP contribution in [0.4, 0.5) is 4.39 Å². The second-order valence-electron chi connectivity index (χ2n) is 9.04. The Bertz CT molecular complexity index is 1030. The van der Waals surface area contributed by atoms with Gasteiger partial charge in [-0.05, 0) is 49.1 Å². The summed E-state index contributed by atoms with van der Waals surface area (Å²) in [7, 11) is 0. The van der Waals surface area contributed by atoms with E-state index < -0.39 is 30.4 Å². The number of hydrogen-bond donors (Lipinski definition) is 3. The topological polar surface area (TPSA) is 128 Å². The van der Waals surface area contributed by atoms with Gasteiger partial charge in [0, 0.05) is 30.4 Å². The van der Waals surface area contributed by atoms with Gasteiger partial charge in [-0.1, -0.05) is 32.8 Å². The van der Waals surface area contributed by atoms with Gasteiger partial charge in [-0.2, -0.15) is 5.10 Å². The summed E-state index contributed by atoms with van der Waals surface area (Å²) in [6.07, 6.45) is 3.83. The minimum atomic E-state index is -1.40. The molecule has 0 radical (unpaired) electrons. The van der Waals surface area contributed by atoms with Crippen molar-refractivity contribution in [2.45, 2.75) is 76.5 Å². The second-order valence-corrected chi connectivity index (χ2v) is 9.04. The van der Waals surface area contributed by atoms with Gasteiger partial charge in [0.05, 0.1) is 23.6 Å². The van der Waals surface area contributed by atoms with Gasteiger partial charge in [0.2, 0.25) is 0 Å². The van der Waals surface area contributed by atoms with Crippen LogP contribution in [0.3, 0.4) is 0 Å². The largest absolute Gasteiger partial charge is 0.550 e. The van der Waals surface area contributed by atoms with Crippen molar-refractivity contribution in [1.29, 1.82) is 0 Å². The van der Waals surface area contributed by atoms with Crippen LogP contribution in [-0.4, -0.2) is 50.1 Å². The van der Waals surface area contributed by atoms with E-state index in [4.69, 9.17) is 0 Å². The average molecular weight is 473 g/mol. The molecule has 1 fully saturated rings. The first-order chi connectivity index (χ1) is 16.2. The number of hydrogen-bond acceptors (Lipinski definition) is 6. The summed E-state index contributed by atoms with van der Waals surface area (Å²) in [5.74, 6) is -2.19. The molecule has 1 heterocycles. The van der Waals surface area contributed by atoms with Gasteiger partial charge in [0.25, 0.3) is 5.91 Å². The number of aliphatic hydroxyl groups is 2. The minimum absolute atomic E-state index is 0.0982. The van der Waals surface area contributed by atoms with Crippen molar-refractivity contribution < 1.29 is 29.3 Å². The number of nitrogens with one attached hydrogen (secondary N) is 1. The molecule has 0 spiro atoms. The molecule has 1 aliphatic carbocycles. The summed E-state index contributed by atoms with van der Waals surface area (Å²) in [6.45, 7) is 3.85. The van der Waals surface area contributed by atoms with Gasteiger partial charge in [0.15, 0.2) is 5.69 Å². The van der Waals surface area contributed by atoms with E-state index in [1.54, 1.807) is 18.2 Å². The number of benzene rings is 1. The Labute approximate surface area is 198 Å². The van der Waals surface area contributed by atoms with Crippen molar-refractivity contribution in [3.63, 3.8) is 0 Å². The van der Waals surface area contributed by atoms with E-state index in [2.05, 4.69) is 10.4 Å². The summed E-state index contributed by atoms with van der Waals surface area (Å²) >= 11 is 0. The standard InChI is InChI=1S/C25H32FN3O5/c1-15(2)23-21(12-11-19(30)13-20(31)14-22(32)33)29(18-9-7-16(26)8-10-18)28-24(23)25(34)27-17-5-3-4-6-17/h7-12,15,17,19-20,30-31H,3-6,13-14H2,1-2H3,(H,27,34)(H,32,33)/p-1/b12-11+/t19-,20-/m1/s1. The highest BCUT2D eigenvalue weighted by atomic mass is 19.1. The Balaban J connectivity index is 1.98. The van der Waals surface area contributed by atoms with Gasteiger partial charge in [-0.15, -0.1) is 0 Å². The van der Waals surface area contributed by atoms with E-state index in [9.17, 15) is 29.3 Å². The maximum Gasteiger partial charge on any atom is 0.272 e. The zero-order valence-electron chi connectivity index (χ0n) is 19.4. The highest BCUT2D eigenvalue weighted by Gasteiger charge is 2.27. The lowest BCUT2D eigenvalue weighted by Crippen LogP contribution is -2.33. The number of carboxylic acid groups (broad SMARTS) is 1. The van der Waals surface area contributed by atoms with E-state index in [1.165, 1.54) is 22.9 Å². The molecule has 184 valence electrons. The molecule has 1 aliphatic rings. The van der Waals surface area contributed by atoms with Crippen LogP contribution >= 0.6 is 0 Å². The molecule has 1 aromatic heterocycles. The number of halogens is 1. The van der Waals surface area contributed by atoms with Gasteiger partial charge in [-0.25, -0.2) is 9.07 Å². The summed E-state index contributed by atoms with van der Waals surface area (Å²) in [5.41, 5.74) is 2.00. The molecule has 0 unspecified atom stereocenters. The molecule has 9 heteroatoms. The third kappa shape index (κ3) is 6.51. The SMILES string of the molecule is CC(C)c1c(C(=O)NC2CCCC2)nn(-c2ccc(F)cc2)c1/C=C/[C@@H](O)C[C@@H](O)CC(=O)[O-]. The first-order valence-corrected chi connectivity index (χ1v) is 11.6. The monoisotopic (exact) mass is 472 g/mol. The number of nitrogens with zero attached hydrogens (tertiary/aromatic N) is 2. The minimum Gasteiger partial charge on any atom is -0.550 e. The fraction of sp³-hybridized carbons (Fsp3) is 0.480. The maximum absolute atomic E-state index is 13.5. The number of rotatable bonds is 10. The molecule has 0 aliphatic heterocycles. The third-order valence-corrected chi connectivity index (χ3v) is 5.91. The highest BCUT2D eigenvalue weighted by molar-refractivity contribution is 5.95. The van der Waals surface area contributed by atoms with Crippen LogP contribution in [0, 0.1) is 5.82 Å². The van der Waals surface area contributed by atoms with Crippen molar-refractivity contribution in [2.24, 2.45) is 0 Å². The Morgan fingerprint density at radius 3 is 2.47 bits per heavy atom. The fourth-order valence-electron chi connectivity index (χ4n) is 4.28. The van der Waals surface area contributed by atoms with Gasteiger partial charge in [0.1, 0.15) is 5.82 Å². The number of carbonyl (C=O) groups excluding carboxylic acids is 2. The zero-order chi connectivity index (χ0) is 24.8. The van der Waals surface area contributed by atoms with Crippen LogP contribution in [0.1, 0.15) is 80.0 Å². The van der Waals surface area contributed by atoms with E-state index in [1.807, 2.05) is 13.8 Å². The Morgan fingerprint density at radius 2 is 1.88 bits per heavy atom. The number of carboxylic acids is 1. The van der Waals surface area contributed by atoms with Crippen LogP contribution < -0.4 is 10.4 Å². The predicted molar refractivity (Wildman–Crippen MR) is 123 cm³/mol. The van der Waals surface area contributed by atoms with E-state index in [0.29, 0.717) is 16.9 Å². The van der Waals surface area contributed by atoms with Crippen LogP contribution in [0.25, 0.3) is 11.8 Å². The highest BCUT2D eigenvalue weighted by Crippen LogP contribution is 2.29. The summed E-state index contributed by atoms with van der Waals surface area (Å²) < 4.78 is 15.1. The number of aromatic nitrogens is 2. The van der Waals surface area contributed by atoms with Crippen molar-refractivity contribution in [3.8, 4) is 5.69 Å². The molecule has 3 rings (SSSR count). The Hall–Kier alpha value is -3.04. The van der Waals surface area contributed by atoms with Gasteiger partial charge >= 0.3 is 0 Å². The first kappa shape index (κ1) is 25.6. The number of aliphatic carboxylic acids is 1. The van der Waals surface area contributed by atoms with Crippen molar-refractivity contribution in [1.82, 2.24) is 15.1 Å². The number of aliphatic hydroxyl groups excluding tert-OH is 2. The molecular weight excluding hydrogens is 441 g/mol. The van der Waals surface area contributed by atoms with Crippen LogP contribution in [-0.2, 0) is 4.79 Å². The Morgan fingerprint density at radius 1 is 1.24 bits per heavy atom. The molecule has 1 saturated carbocycles. The lowest BCUT2D eigenvalue weighted by atomic mass is 9.98. The molecule has 1 aromatic carbocycles. The van der Waals surface area contributed by atoms with Crippen LogP contribution in [0.5, 0.6) is 0 Å². The van der Waals surface area contributed by atoms with Crippen molar-refractivity contribution in [3.05, 3.63) is 53.1 Å². The summed E-state index contributed by atoms with van der Waals surface area (Å²) in [5, 5.41) is 38.4. The molecule has 2 aromatic rings. The normalized spacial score (nSPS) is 16.3. The Kier molecular flexibility index (Phi) is 8.57. The maximum atomic E-state index is 13.5. The quantitative estimate of drug-likeness (QED) is 0.486. The molecule has 3 N–H and O–H groups in total. The van der Waals surface area contributed by atoms with Crippen molar-refractivity contribution in [2.75, 3.05) is 0 Å². The van der Waals surface area contributed by atoms with Crippen molar-refractivity contribution >= 4 is 18.0 Å². The summed E-state index contributed by atoms with van der Waals surface area (Å²) in [4.78, 5) is 23.8. The van der Waals surface area contributed by atoms with Gasteiger partial charge < -0.3 is 25.4 Å². The van der Waals surface area contributed by atoms with Crippen LogP contribution in [0.2, 0.25) is 0 Å². The molecule has 2 atom stereocenters. The molecular formula is C25H31FN3O5-. The molecule has 8 nitrogen and oxygen atoms in total. The molecule has 0 bridgehead atoms. The smallest absolute Gasteiger partial charge is 0.272 e. The lowest BCUT2D eigenvalue weighted by Gasteiger charge is -2.14. The summed E-state index contributed by atoms with van der Waals surface area (Å²) in [6, 6.07) is 5.78. The number of carbonyl (C=O) groups is 2. The lowest BCUT2D eigenvalue weighted by molar-refractivity contribution is -0.307. The van der Waals surface area contributed by atoms with E-state index in [-0.39, 0.29) is 30.0 Å². The zero-order valence-corrected chi connectivity index (χ0v) is 19.4.